The zero-order valence-electron chi connectivity index (χ0n) is 21.2. The van der Waals surface area contributed by atoms with E-state index >= 15 is 0 Å². The number of carbonyl (C=O) groups is 4. The van der Waals surface area contributed by atoms with Crippen LogP contribution in [0.15, 0.2) is 56.7 Å². The second-order valence-electron chi connectivity index (χ2n) is 9.10. The fourth-order valence-corrected chi connectivity index (χ4v) is 6.23. The maximum atomic E-state index is 13.1. The van der Waals surface area contributed by atoms with Crippen LogP contribution in [0.25, 0.3) is 33.4 Å². The molecule has 2 aromatic rings. The number of aromatic carboxylic acids is 1. The predicted octanol–water partition coefficient (Wildman–Crippen LogP) is 1.68. The molecule has 0 saturated carbocycles. The number of amides is 2. The standard InChI is InChI=1S/C25H17N3O13S2/c26-14-6-4-11-18(10-2-1-3-13(19(10)24(31)32)25(33)41-28-16(29)8-9-17(28)30)12-5-7-15(27)23(43(37,38)39)21(12)40-20(11)22(14)42(34,35)36/h1-7,26H,8-9,27H2,(H,31,32)(H,34,35,36)(H,37,38,39). The van der Waals surface area contributed by atoms with Gasteiger partial charge in [-0.25, -0.2) is 9.59 Å². The van der Waals surface area contributed by atoms with Crippen LogP contribution in [0.5, 0.6) is 0 Å². The van der Waals surface area contributed by atoms with E-state index in [-0.39, 0.29) is 40.0 Å². The van der Waals surface area contributed by atoms with Gasteiger partial charge >= 0.3 is 11.9 Å². The first-order valence-corrected chi connectivity index (χ1v) is 14.7. The lowest BCUT2D eigenvalue weighted by Gasteiger charge is -2.21. The van der Waals surface area contributed by atoms with Crippen LogP contribution in [0.1, 0.15) is 33.6 Å². The van der Waals surface area contributed by atoms with Gasteiger partial charge in [-0.2, -0.15) is 16.8 Å². The second kappa shape index (κ2) is 9.98. The molecule has 18 heteroatoms. The number of rotatable bonds is 6. The highest BCUT2D eigenvalue weighted by Gasteiger charge is 2.36. The highest BCUT2D eigenvalue weighted by molar-refractivity contribution is 7.86. The van der Waals surface area contributed by atoms with E-state index in [1.807, 2.05) is 0 Å². The van der Waals surface area contributed by atoms with E-state index in [1.165, 1.54) is 6.07 Å². The van der Waals surface area contributed by atoms with Crippen LogP contribution in [0, 0.1) is 5.41 Å². The number of carboxylic acids is 1. The number of nitrogens with zero attached hydrogens (tertiary/aromatic N) is 1. The SMILES string of the molecule is N=c1ccc2c(-c3cccc(C(=O)ON4C(=O)CCC4=O)c3C(=O)O)c3ccc(N)c(S(=O)(=O)O)c3oc-2c1S(=O)(=O)O. The third kappa shape index (κ3) is 4.87. The van der Waals surface area contributed by atoms with E-state index in [1.54, 1.807) is 0 Å². The van der Waals surface area contributed by atoms with E-state index in [0.29, 0.717) is 0 Å². The van der Waals surface area contributed by atoms with Crippen LogP contribution < -0.4 is 11.1 Å². The Morgan fingerprint density at radius 3 is 2.12 bits per heavy atom. The van der Waals surface area contributed by atoms with Gasteiger partial charge in [0.15, 0.2) is 21.1 Å². The van der Waals surface area contributed by atoms with Crippen molar-refractivity contribution in [3.8, 4) is 22.5 Å². The van der Waals surface area contributed by atoms with Crippen molar-refractivity contribution in [1.29, 1.82) is 5.41 Å². The van der Waals surface area contributed by atoms with Crippen LogP contribution in [-0.4, -0.2) is 59.9 Å². The number of hydrogen-bond acceptors (Lipinski definition) is 12. The summed E-state index contributed by atoms with van der Waals surface area (Å²) in [7, 11) is -10.4. The summed E-state index contributed by atoms with van der Waals surface area (Å²) in [4.78, 5) is 52.3. The summed E-state index contributed by atoms with van der Waals surface area (Å²) in [6.45, 7) is 0. The van der Waals surface area contributed by atoms with Gasteiger partial charge in [0, 0.05) is 29.4 Å². The second-order valence-corrected chi connectivity index (χ2v) is 11.8. The minimum absolute atomic E-state index is 0.197. The van der Waals surface area contributed by atoms with Crippen molar-refractivity contribution >= 4 is 60.6 Å². The lowest BCUT2D eigenvalue weighted by molar-refractivity contribution is -0.172. The summed E-state index contributed by atoms with van der Waals surface area (Å²) in [6, 6.07) is 7.58. The van der Waals surface area contributed by atoms with E-state index in [0.717, 1.165) is 36.4 Å². The van der Waals surface area contributed by atoms with Gasteiger partial charge in [0.25, 0.3) is 32.1 Å². The van der Waals surface area contributed by atoms with Crippen LogP contribution in [0.4, 0.5) is 5.69 Å². The third-order valence-electron chi connectivity index (χ3n) is 6.46. The number of imide groups is 1. The lowest BCUT2D eigenvalue weighted by Crippen LogP contribution is -2.32. The molecule has 43 heavy (non-hydrogen) atoms. The molecule has 3 aliphatic rings. The van der Waals surface area contributed by atoms with Gasteiger partial charge in [-0.15, -0.1) is 5.06 Å². The van der Waals surface area contributed by atoms with Gasteiger partial charge in [0.05, 0.1) is 22.2 Å². The average Bonchev–Trinajstić information content (AvgIpc) is 3.21. The molecular formula is C25H17N3O13S2. The van der Waals surface area contributed by atoms with Gasteiger partial charge in [-0.1, -0.05) is 12.1 Å². The third-order valence-corrected chi connectivity index (χ3v) is 8.32. The number of nitrogens with one attached hydrogen (secondary N) is 1. The summed E-state index contributed by atoms with van der Waals surface area (Å²) in [5, 5.41) is 17.4. The Bertz CT molecular complexity index is 2170. The fourth-order valence-electron chi connectivity index (χ4n) is 4.75. The van der Waals surface area contributed by atoms with E-state index in [2.05, 4.69) is 0 Å². The molecule has 222 valence electrons. The molecule has 0 spiro atoms. The quantitative estimate of drug-likeness (QED) is 0.0876. The zero-order chi connectivity index (χ0) is 31.6. The molecule has 0 aromatic heterocycles. The van der Waals surface area contributed by atoms with Crippen molar-refractivity contribution in [2.45, 2.75) is 22.6 Å². The number of carboxylic acid groups (broad SMARTS) is 1. The Morgan fingerprint density at radius 2 is 1.53 bits per heavy atom. The van der Waals surface area contributed by atoms with Crippen molar-refractivity contribution < 1.29 is 59.5 Å². The number of hydroxylamine groups is 2. The lowest BCUT2D eigenvalue weighted by atomic mass is 9.88. The molecule has 2 amide bonds. The minimum atomic E-state index is -5.24. The molecule has 0 unspecified atom stereocenters. The number of benzene rings is 3. The Hall–Kier alpha value is -5.17. The van der Waals surface area contributed by atoms with Crippen LogP contribution in [-0.2, 0) is 34.7 Å². The van der Waals surface area contributed by atoms with Gasteiger partial charge in [0.2, 0.25) is 0 Å². The van der Waals surface area contributed by atoms with Crippen molar-refractivity contribution in [3.05, 3.63) is 58.9 Å². The first-order valence-electron chi connectivity index (χ1n) is 11.8. The van der Waals surface area contributed by atoms with Crippen molar-refractivity contribution in [2.75, 3.05) is 5.73 Å². The predicted molar refractivity (Wildman–Crippen MR) is 142 cm³/mol. The summed E-state index contributed by atoms with van der Waals surface area (Å²) in [5.41, 5.74) is 2.05. The number of nitrogen functional groups attached to an aromatic ring is 1. The largest absolute Gasteiger partial charge is 0.478 e. The summed E-state index contributed by atoms with van der Waals surface area (Å²) in [5.74, 6) is -5.67. The first-order chi connectivity index (χ1) is 20.0. The van der Waals surface area contributed by atoms with Gasteiger partial charge in [-0.3, -0.25) is 24.1 Å². The number of anilines is 1. The number of nitrogens with two attached hydrogens (primary N) is 1. The van der Waals surface area contributed by atoms with Gasteiger partial charge in [-0.05, 0) is 35.9 Å². The highest BCUT2D eigenvalue weighted by Crippen LogP contribution is 2.46. The van der Waals surface area contributed by atoms with Crippen LogP contribution in [0.2, 0.25) is 0 Å². The van der Waals surface area contributed by atoms with Crippen LogP contribution in [0.3, 0.4) is 0 Å². The molecule has 2 heterocycles. The smallest absolute Gasteiger partial charge is 0.364 e. The summed E-state index contributed by atoms with van der Waals surface area (Å²) in [6.07, 6.45) is -0.479. The average molecular weight is 632 g/mol. The van der Waals surface area contributed by atoms with E-state index < -0.39 is 87.3 Å². The molecule has 16 nitrogen and oxygen atoms in total. The Morgan fingerprint density at radius 1 is 0.907 bits per heavy atom. The molecule has 1 saturated heterocycles. The van der Waals surface area contributed by atoms with Gasteiger partial charge in [0.1, 0.15) is 0 Å². The Labute approximate surface area is 240 Å². The minimum Gasteiger partial charge on any atom is -0.478 e. The van der Waals surface area contributed by atoms with Crippen molar-refractivity contribution in [2.24, 2.45) is 0 Å². The zero-order valence-corrected chi connectivity index (χ0v) is 22.9. The Balaban J connectivity index is 1.93. The molecule has 0 bridgehead atoms. The van der Waals surface area contributed by atoms with Crippen molar-refractivity contribution in [1.82, 2.24) is 5.06 Å². The summed E-state index contributed by atoms with van der Waals surface area (Å²) >= 11 is 0. The molecular weight excluding hydrogens is 614 g/mol. The topological polar surface area (TPSA) is 273 Å². The molecule has 2 aromatic carbocycles. The highest BCUT2D eigenvalue weighted by atomic mass is 32.2. The number of hydrogen-bond donors (Lipinski definition) is 5. The molecule has 6 N–H and O–H groups in total. The molecule has 1 aliphatic carbocycles. The molecule has 0 atom stereocenters. The molecule has 0 radical (unpaired) electrons. The maximum Gasteiger partial charge on any atom is 0.364 e. The molecule has 1 fully saturated rings. The van der Waals surface area contributed by atoms with Crippen LogP contribution >= 0.6 is 0 Å². The van der Waals surface area contributed by atoms with E-state index in [9.17, 15) is 50.2 Å². The maximum absolute atomic E-state index is 13.1. The first kappa shape index (κ1) is 29.3. The Kier molecular flexibility index (Phi) is 6.81. The number of carbonyl (C=O) groups excluding carboxylic acids is 3. The molecule has 5 rings (SSSR count). The van der Waals surface area contributed by atoms with Crippen molar-refractivity contribution in [3.63, 3.8) is 0 Å². The van der Waals surface area contributed by atoms with Gasteiger partial charge < -0.3 is 20.1 Å². The van der Waals surface area contributed by atoms with E-state index in [4.69, 9.17) is 20.4 Å². The normalized spacial score (nSPS) is 14.0. The number of fused-ring (bicyclic) bond motifs is 2. The molecule has 2 aliphatic heterocycles. The monoisotopic (exact) mass is 631 g/mol. The summed E-state index contributed by atoms with van der Waals surface area (Å²) < 4.78 is 74.7. The fraction of sp³-hybridized carbons (Fsp3) is 0.0800.